The Morgan fingerprint density at radius 1 is 1.19 bits per heavy atom. The number of aromatic nitrogens is 1. The number of hydrogen-bond donors (Lipinski definition) is 2. The van der Waals surface area contributed by atoms with E-state index in [1.807, 2.05) is 36.5 Å². The Balaban J connectivity index is 1.25. The van der Waals surface area contributed by atoms with E-state index in [9.17, 15) is 4.79 Å². The largest absolute Gasteiger partial charge is 0.390 e. The normalized spacial score (nSPS) is 21.7. The molecule has 3 aromatic rings. The van der Waals surface area contributed by atoms with E-state index in [2.05, 4.69) is 44.6 Å². The third kappa shape index (κ3) is 3.08. The number of carbonyl (C=O) groups excluding carboxylic acids is 1. The number of fused-ring (bicyclic) bond motifs is 2. The fraction of sp³-hybridized carbons (Fsp3) is 0.238. The highest BCUT2D eigenvalue weighted by molar-refractivity contribution is 6.44. The van der Waals surface area contributed by atoms with Crippen molar-refractivity contribution in [2.75, 3.05) is 18.4 Å². The third-order valence-electron chi connectivity index (χ3n) is 5.27. The van der Waals surface area contributed by atoms with Gasteiger partial charge in [0, 0.05) is 37.0 Å². The topological polar surface area (TPSA) is 69.7 Å². The van der Waals surface area contributed by atoms with Gasteiger partial charge in [-0.3, -0.25) is 9.69 Å². The number of hydrogen-bond acceptors (Lipinski definition) is 4. The van der Waals surface area contributed by atoms with Gasteiger partial charge >= 0.3 is 0 Å². The predicted octanol–water partition coefficient (Wildman–Crippen LogP) is 2.99. The second kappa shape index (κ2) is 6.55. The van der Waals surface area contributed by atoms with Crippen LogP contribution in [0.1, 0.15) is 5.56 Å². The number of likely N-dealkylation sites (tertiary alicyclic amines) is 1. The molecule has 5 rings (SSSR count). The maximum Gasteiger partial charge on any atom is 0.273 e. The molecular weight excluding hydrogens is 340 g/mol. The van der Waals surface area contributed by atoms with Crippen molar-refractivity contribution in [3.8, 4) is 0 Å². The van der Waals surface area contributed by atoms with Crippen molar-refractivity contribution in [2.24, 2.45) is 11.1 Å². The summed E-state index contributed by atoms with van der Waals surface area (Å²) in [4.78, 5) is 23.7. The highest BCUT2D eigenvalue weighted by Gasteiger charge is 2.44. The first-order valence-corrected chi connectivity index (χ1v) is 9.15. The Kier molecular flexibility index (Phi) is 3.90. The van der Waals surface area contributed by atoms with Gasteiger partial charge in [-0.2, -0.15) is 0 Å². The minimum absolute atomic E-state index is 0.0182. The molecule has 2 aliphatic rings. The molecule has 0 radical (unpaired) electrons. The molecule has 136 valence electrons. The van der Waals surface area contributed by atoms with Crippen molar-refractivity contribution in [3.05, 3.63) is 66.4 Å². The monoisotopic (exact) mass is 360 g/mol. The molecule has 2 aliphatic heterocycles. The molecule has 0 spiro atoms. The average Bonchev–Trinajstić information content (AvgIpc) is 3.37. The van der Waals surface area contributed by atoms with Crippen LogP contribution in [0.2, 0.25) is 0 Å². The smallest absolute Gasteiger partial charge is 0.273 e. The van der Waals surface area contributed by atoms with Crippen molar-refractivity contribution in [1.82, 2.24) is 9.88 Å². The lowest BCUT2D eigenvalue weighted by molar-refractivity contribution is -0.110. The van der Waals surface area contributed by atoms with E-state index >= 15 is 0 Å². The van der Waals surface area contributed by atoms with Gasteiger partial charge in [0.25, 0.3) is 5.91 Å². The number of oxime groups is 1. The van der Waals surface area contributed by atoms with E-state index in [0.717, 1.165) is 30.8 Å². The number of amides is 1. The number of benzene rings is 2. The summed E-state index contributed by atoms with van der Waals surface area (Å²) >= 11 is 0. The number of rotatable bonds is 4. The third-order valence-corrected chi connectivity index (χ3v) is 5.27. The van der Waals surface area contributed by atoms with E-state index in [-0.39, 0.29) is 17.9 Å². The summed E-state index contributed by atoms with van der Waals surface area (Å²) < 4.78 is 0. The first kappa shape index (κ1) is 16.1. The molecule has 6 heteroatoms. The lowest BCUT2D eigenvalue weighted by Gasteiger charge is -2.16. The van der Waals surface area contributed by atoms with E-state index in [4.69, 9.17) is 4.84 Å². The molecule has 2 N–H and O–H groups in total. The van der Waals surface area contributed by atoms with Crippen LogP contribution in [0.4, 0.5) is 5.69 Å². The average molecular weight is 360 g/mol. The van der Waals surface area contributed by atoms with Crippen molar-refractivity contribution in [3.63, 3.8) is 0 Å². The summed E-state index contributed by atoms with van der Waals surface area (Å²) in [5.74, 6) is -0.158. The second-order valence-corrected chi connectivity index (χ2v) is 7.14. The van der Waals surface area contributed by atoms with E-state index in [0.29, 0.717) is 5.71 Å². The molecule has 0 bridgehead atoms. The van der Waals surface area contributed by atoms with Gasteiger partial charge < -0.3 is 15.1 Å². The maximum absolute atomic E-state index is 12.6. The standard InChI is InChI=1S/C21H20N4O2/c26-21(23-16-4-2-1-3-5-16)20-17-12-25(13-19(17)27-24-20)11-14-6-7-18-15(10-14)8-9-22-18/h1-10,17,19,22H,11-13H2,(H,23,26)/t17-,19+/m0/s1. The summed E-state index contributed by atoms with van der Waals surface area (Å²) in [7, 11) is 0. The quantitative estimate of drug-likeness (QED) is 0.751. The minimum atomic E-state index is -0.177. The zero-order valence-electron chi connectivity index (χ0n) is 14.8. The number of para-hydroxylation sites is 1. The van der Waals surface area contributed by atoms with Gasteiger partial charge in [0.05, 0.1) is 5.92 Å². The summed E-state index contributed by atoms with van der Waals surface area (Å²) in [6.45, 7) is 2.39. The Hall–Kier alpha value is -3.12. The van der Waals surface area contributed by atoms with Gasteiger partial charge in [-0.15, -0.1) is 0 Å². The highest BCUT2D eigenvalue weighted by atomic mass is 16.6. The van der Waals surface area contributed by atoms with Gasteiger partial charge in [0.15, 0.2) is 5.71 Å². The molecule has 0 aliphatic carbocycles. The van der Waals surface area contributed by atoms with E-state index in [1.54, 1.807) is 0 Å². The summed E-state index contributed by atoms with van der Waals surface area (Å²) in [5, 5.41) is 8.19. The lowest BCUT2D eigenvalue weighted by atomic mass is 10.0. The molecule has 1 fully saturated rings. The summed E-state index contributed by atoms with van der Waals surface area (Å²) in [6.07, 6.45) is 1.91. The fourth-order valence-electron chi connectivity index (χ4n) is 3.93. The Morgan fingerprint density at radius 2 is 2.07 bits per heavy atom. The molecule has 27 heavy (non-hydrogen) atoms. The molecule has 2 aromatic carbocycles. The van der Waals surface area contributed by atoms with Crippen LogP contribution < -0.4 is 5.32 Å². The number of anilines is 1. The number of carbonyl (C=O) groups is 1. The Labute approximate surface area is 156 Å². The number of aromatic amines is 1. The molecule has 1 amide bonds. The van der Waals surface area contributed by atoms with Gasteiger partial charge in [-0.1, -0.05) is 29.4 Å². The minimum Gasteiger partial charge on any atom is -0.390 e. The molecule has 0 saturated carbocycles. The van der Waals surface area contributed by atoms with Crippen LogP contribution in [0.3, 0.4) is 0 Å². The molecule has 0 unspecified atom stereocenters. The van der Waals surface area contributed by atoms with Crippen molar-refractivity contribution in [1.29, 1.82) is 0 Å². The van der Waals surface area contributed by atoms with Gasteiger partial charge in [0.2, 0.25) is 0 Å². The van der Waals surface area contributed by atoms with Crippen molar-refractivity contribution < 1.29 is 9.63 Å². The van der Waals surface area contributed by atoms with Crippen molar-refractivity contribution in [2.45, 2.75) is 12.6 Å². The SMILES string of the molecule is O=C(Nc1ccccc1)C1=NO[C@@H]2CN(Cc3ccc4[nH]ccc4c3)C[C@H]12. The summed E-state index contributed by atoms with van der Waals surface area (Å²) in [5.41, 5.74) is 3.66. The number of nitrogens with one attached hydrogen (secondary N) is 2. The van der Waals surface area contributed by atoms with Crippen LogP contribution in [0.25, 0.3) is 10.9 Å². The maximum atomic E-state index is 12.6. The molecular formula is C21H20N4O2. The molecule has 3 heterocycles. The van der Waals surface area contributed by atoms with E-state index in [1.165, 1.54) is 10.9 Å². The number of H-pyrrole nitrogens is 1. The lowest BCUT2D eigenvalue weighted by Crippen LogP contribution is -2.32. The Morgan fingerprint density at radius 3 is 2.96 bits per heavy atom. The fourth-order valence-corrected chi connectivity index (χ4v) is 3.93. The molecule has 2 atom stereocenters. The molecule has 6 nitrogen and oxygen atoms in total. The van der Waals surface area contributed by atoms with Crippen molar-refractivity contribution >= 4 is 28.2 Å². The Bertz CT molecular complexity index is 1010. The first-order valence-electron chi connectivity index (χ1n) is 9.15. The number of nitrogens with zero attached hydrogens (tertiary/aromatic N) is 2. The van der Waals surface area contributed by atoms with Crippen LogP contribution in [0.15, 0.2) is 65.9 Å². The van der Waals surface area contributed by atoms with Gasteiger partial charge in [0.1, 0.15) is 6.10 Å². The zero-order valence-corrected chi connectivity index (χ0v) is 14.8. The second-order valence-electron chi connectivity index (χ2n) is 7.14. The first-order chi connectivity index (χ1) is 13.3. The van der Waals surface area contributed by atoms with Gasteiger partial charge in [-0.25, -0.2) is 0 Å². The molecule has 1 aromatic heterocycles. The zero-order chi connectivity index (χ0) is 18.2. The predicted molar refractivity (Wildman–Crippen MR) is 104 cm³/mol. The van der Waals surface area contributed by atoms with Gasteiger partial charge in [-0.05, 0) is 41.3 Å². The van der Waals surface area contributed by atoms with Crippen LogP contribution in [0.5, 0.6) is 0 Å². The van der Waals surface area contributed by atoms with E-state index < -0.39 is 0 Å². The summed E-state index contributed by atoms with van der Waals surface area (Å²) in [6, 6.07) is 18.0. The molecule has 1 saturated heterocycles. The van der Waals surface area contributed by atoms with Crippen LogP contribution in [-0.2, 0) is 16.2 Å². The van der Waals surface area contributed by atoms with Crippen LogP contribution in [0, 0.1) is 5.92 Å². The van der Waals surface area contributed by atoms with Crippen LogP contribution in [-0.4, -0.2) is 40.7 Å². The highest BCUT2D eigenvalue weighted by Crippen LogP contribution is 2.29. The van der Waals surface area contributed by atoms with Crippen LogP contribution >= 0.6 is 0 Å².